The van der Waals surface area contributed by atoms with E-state index in [0.29, 0.717) is 0 Å². The molecule has 2 heteroatoms. The Balaban J connectivity index is 2.64. The summed E-state index contributed by atoms with van der Waals surface area (Å²) < 4.78 is 12.4. The molecule has 0 fully saturated rings. The summed E-state index contributed by atoms with van der Waals surface area (Å²) in [6.07, 6.45) is 5.45. The molecule has 1 aromatic rings. The van der Waals surface area contributed by atoms with E-state index >= 15 is 0 Å². The number of benzene rings is 1. The minimum atomic E-state index is -0.255. The second-order valence-corrected chi connectivity index (χ2v) is 2.30. The van der Waals surface area contributed by atoms with E-state index in [2.05, 4.69) is 0 Å². The highest BCUT2D eigenvalue weighted by Gasteiger charge is 1.87. The number of halogens is 1. The van der Waals surface area contributed by atoms with Crippen molar-refractivity contribution in [3.05, 3.63) is 41.7 Å². The van der Waals surface area contributed by atoms with Gasteiger partial charge in [0, 0.05) is 6.42 Å². The van der Waals surface area contributed by atoms with Crippen LogP contribution in [-0.4, -0.2) is 6.29 Å². The summed E-state index contributed by atoms with van der Waals surface area (Å²) in [7, 11) is 0. The molecule has 0 N–H and O–H groups in total. The molecule has 12 heavy (non-hydrogen) atoms. The summed E-state index contributed by atoms with van der Waals surface area (Å²) in [4.78, 5) is 9.81. The first-order valence-electron chi connectivity index (χ1n) is 3.60. The van der Waals surface area contributed by atoms with Crippen LogP contribution in [-0.2, 0) is 4.79 Å². The fourth-order valence-corrected chi connectivity index (χ4v) is 0.817. The summed E-state index contributed by atoms with van der Waals surface area (Å²) in [5, 5.41) is 0. The lowest BCUT2D eigenvalue weighted by atomic mass is 10.2. The van der Waals surface area contributed by atoms with Gasteiger partial charge in [-0.2, -0.15) is 0 Å². The normalized spacial score (nSPS) is 10.4. The first-order chi connectivity index (χ1) is 5.83. The smallest absolute Gasteiger partial charge is 0.202 e. The molecule has 0 amide bonds. The van der Waals surface area contributed by atoms with Crippen LogP contribution in [0.25, 0.3) is 6.08 Å². The lowest BCUT2D eigenvalue weighted by molar-refractivity contribution is 0.556. The van der Waals surface area contributed by atoms with E-state index < -0.39 is 0 Å². The monoisotopic (exact) mass is 163 g/mol. The summed E-state index contributed by atoms with van der Waals surface area (Å²) in [6, 6.07) is 6.06. The highest BCUT2D eigenvalue weighted by atomic mass is 19.1. The molecule has 0 aliphatic carbocycles. The maximum Gasteiger partial charge on any atom is 0.202 e. The molecular weight excluding hydrogens is 155 g/mol. The topological polar surface area (TPSA) is 17.1 Å². The molecule has 1 radical (unpaired) electrons. The van der Waals surface area contributed by atoms with Crippen LogP contribution in [0.4, 0.5) is 4.39 Å². The molecule has 0 aliphatic rings. The van der Waals surface area contributed by atoms with Gasteiger partial charge >= 0.3 is 0 Å². The maximum atomic E-state index is 12.4. The third-order valence-electron chi connectivity index (χ3n) is 1.38. The first kappa shape index (κ1) is 8.65. The van der Waals surface area contributed by atoms with Crippen LogP contribution in [0, 0.1) is 5.82 Å². The van der Waals surface area contributed by atoms with E-state index in [4.69, 9.17) is 0 Å². The molecule has 0 heterocycles. The van der Waals surface area contributed by atoms with Gasteiger partial charge in [0.05, 0.1) is 0 Å². The lowest BCUT2D eigenvalue weighted by Gasteiger charge is -1.90. The van der Waals surface area contributed by atoms with E-state index in [1.807, 2.05) is 0 Å². The average molecular weight is 163 g/mol. The van der Waals surface area contributed by atoms with Gasteiger partial charge in [-0.05, 0) is 17.7 Å². The minimum Gasteiger partial charge on any atom is -0.291 e. The van der Waals surface area contributed by atoms with Crippen LogP contribution in [0.15, 0.2) is 30.3 Å². The molecule has 0 aliphatic heterocycles. The van der Waals surface area contributed by atoms with E-state index in [0.717, 1.165) is 5.56 Å². The third kappa shape index (κ3) is 2.66. The van der Waals surface area contributed by atoms with Crippen LogP contribution in [0.5, 0.6) is 0 Å². The van der Waals surface area contributed by atoms with E-state index in [9.17, 15) is 9.18 Å². The van der Waals surface area contributed by atoms with Crippen molar-refractivity contribution in [2.45, 2.75) is 6.42 Å². The number of rotatable bonds is 3. The molecule has 0 saturated carbocycles. The standard InChI is InChI=1S/C10H8FO/c11-10-6-4-9(5-7-10)3-1-2-8-12/h1,3-7H,2H2. The number of hydrogen-bond donors (Lipinski definition) is 0. The minimum absolute atomic E-state index is 0.255. The molecule has 0 unspecified atom stereocenters. The molecule has 0 bridgehead atoms. The summed E-state index contributed by atoms with van der Waals surface area (Å²) in [5.74, 6) is -0.255. The van der Waals surface area contributed by atoms with Gasteiger partial charge in [0.15, 0.2) is 0 Å². The summed E-state index contributed by atoms with van der Waals surface area (Å²) in [6.45, 7) is 0. The molecular formula is C10H8FO. The fraction of sp³-hybridized carbons (Fsp3) is 0.100. The molecule has 0 saturated heterocycles. The molecule has 1 rings (SSSR count). The number of carbonyl (C=O) groups excluding carboxylic acids is 1. The van der Waals surface area contributed by atoms with Gasteiger partial charge in [-0.1, -0.05) is 24.3 Å². The Morgan fingerprint density at radius 2 is 2.00 bits per heavy atom. The number of hydrogen-bond acceptors (Lipinski definition) is 1. The predicted molar refractivity (Wildman–Crippen MR) is 45.7 cm³/mol. The van der Waals surface area contributed by atoms with Crippen molar-refractivity contribution in [3.63, 3.8) is 0 Å². The fourth-order valence-electron chi connectivity index (χ4n) is 0.817. The van der Waals surface area contributed by atoms with E-state index in [1.54, 1.807) is 30.6 Å². The van der Waals surface area contributed by atoms with Crippen LogP contribution in [0.2, 0.25) is 0 Å². The van der Waals surface area contributed by atoms with Crippen LogP contribution in [0.1, 0.15) is 12.0 Å². The summed E-state index contributed by atoms with van der Waals surface area (Å²) in [5.41, 5.74) is 0.881. The third-order valence-corrected chi connectivity index (χ3v) is 1.38. The van der Waals surface area contributed by atoms with Gasteiger partial charge < -0.3 is 0 Å². The molecule has 0 aromatic heterocycles. The van der Waals surface area contributed by atoms with E-state index in [1.165, 1.54) is 12.1 Å². The van der Waals surface area contributed by atoms with Crippen molar-refractivity contribution < 1.29 is 9.18 Å². The Morgan fingerprint density at radius 3 is 2.58 bits per heavy atom. The molecule has 1 nitrogen and oxygen atoms in total. The second kappa shape index (κ2) is 4.44. The Hall–Kier alpha value is -1.44. The van der Waals surface area contributed by atoms with Crippen LogP contribution < -0.4 is 0 Å². The highest BCUT2D eigenvalue weighted by molar-refractivity contribution is 5.58. The SMILES string of the molecule is O=[C]CC=Cc1ccc(F)cc1. The Labute approximate surface area is 70.5 Å². The van der Waals surface area contributed by atoms with Crippen molar-refractivity contribution in [1.82, 2.24) is 0 Å². The Bertz CT molecular complexity index is 274. The molecule has 1 aromatic carbocycles. The summed E-state index contributed by atoms with van der Waals surface area (Å²) >= 11 is 0. The second-order valence-electron chi connectivity index (χ2n) is 2.30. The maximum absolute atomic E-state index is 12.4. The van der Waals surface area contributed by atoms with Crippen molar-refractivity contribution in [2.75, 3.05) is 0 Å². The average Bonchev–Trinajstić information content (AvgIpc) is 2.09. The van der Waals surface area contributed by atoms with Gasteiger partial charge in [0.1, 0.15) is 5.82 Å². The molecule has 0 spiro atoms. The van der Waals surface area contributed by atoms with Crippen molar-refractivity contribution in [3.8, 4) is 0 Å². The van der Waals surface area contributed by atoms with Gasteiger partial charge in [-0.25, -0.2) is 4.39 Å². The lowest BCUT2D eigenvalue weighted by Crippen LogP contribution is -1.74. The quantitative estimate of drug-likeness (QED) is 0.668. The molecule has 0 atom stereocenters. The van der Waals surface area contributed by atoms with Crippen LogP contribution >= 0.6 is 0 Å². The van der Waals surface area contributed by atoms with Gasteiger partial charge in [0.25, 0.3) is 0 Å². The first-order valence-corrected chi connectivity index (χ1v) is 3.60. The van der Waals surface area contributed by atoms with Crippen molar-refractivity contribution in [1.29, 1.82) is 0 Å². The van der Waals surface area contributed by atoms with Crippen molar-refractivity contribution in [2.24, 2.45) is 0 Å². The van der Waals surface area contributed by atoms with Gasteiger partial charge in [-0.15, -0.1) is 0 Å². The zero-order valence-electron chi connectivity index (χ0n) is 6.46. The van der Waals surface area contributed by atoms with Crippen LogP contribution in [0.3, 0.4) is 0 Å². The highest BCUT2D eigenvalue weighted by Crippen LogP contribution is 2.04. The Morgan fingerprint density at radius 1 is 1.33 bits per heavy atom. The largest absolute Gasteiger partial charge is 0.291 e. The zero-order valence-corrected chi connectivity index (χ0v) is 6.46. The van der Waals surface area contributed by atoms with Gasteiger partial charge in [0.2, 0.25) is 6.29 Å². The predicted octanol–water partition coefficient (Wildman–Crippen LogP) is 2.34. The molecule has 61 valence electrons. The zero-order chi connectivity index (χ0) is 8.81. The number of allylic oxidation sites excluding steroid dienone is 1. The Kier molecular flexibility index (Phi) is 3.20. The van der Waals surface area contributed by atoms with Gasteiger partial charge in [-0.3, -0.25) is 4.79 Å². The van der Waals surface area contributed by atoms with Crippen molar-refractivity contribution >= 4 is 12.4 Å². The van der Waals surface area contributed by atoms with E-state index in [-0.39, 0.29) is 12.2 Å².